The molecule has 2 amide bonds. The SMILES string of the molecule is Cc1ccc([C@@H](NC(=O)OCc2ccccc2)C(=O)Nc2cccc(CN)c2)cc1C. The Balaban J connectivity index is 1.77. The lowest BCUT2D eigenvalue weighted by Crippen LogP contribution is -2.37. The highest BCUT2D eigenvalue weighted by atomic mass is 16.5. The summed E-state index contributed by atoms with van der Waals surface area (Å²) in [7, 11) is 0. The van der Waals surface area contributed by atoms with Crippen LogP contribution in [0.3, 0.4) is 0 Å². The minimum Gasteiger partial charge on any atom is -0.445 e. The number of aryl methyl sites for hydroxylation is 2. The second-order valence-corrected chi connectivity index (χ2v) is 7.38. The van der Waals surface area contributed by atoms with Gasteiger partial charge in [0, 0.05) is 12.2 Å². The molecular weight excluding hydrogens is 390 g/mol. The number of hydrogen-bond donors (Lipinski definition) is 3. The summed E-state index contributed by atoms with van der Waals surface area (Å²) in [4.78, 5) is 25.6. The first-order valence-electron chi connectivity index (χ1n) is 10.1. The summed E-state index contributed by atoms with van der Waals surface area (Å²) in [5.41, 5.74) is 10.9. The molecule has 1 atom stereocenters. The van der Waals surface area contributed by atoms with Gasteiger partial charge in [-0.3, -0.25) is 4.79 Å². The number of alkyl carbamates (subject to hydrolysis) is 1. The number of benzene rings is 3. The number of nitrogens with two attached hydrogens (primary N) is 1. The Morgan fingerprint density at radius 1 is 0.903 bits per heavy atom. The van der Waals surface area contributed by atoms with Crippen molar-refractivity contribution in [3.05, 3.63) is 101 Å². The van der Waals surface area contributed by atoms with Gasteiger partial charge in [0.15, 0.2) is 0 Å². The molecular formula is C25H27N3O3. The van der Waals surface area contributed by atoms with Crippen LogP contribution in [0.1, 0.15) is 33.9 Å². The molecule has 4 N–H and O–H groups in total. The highest BCUT2D eigenvalue weighted by molar-refractivity contribution is 5.97. The summed E-state index contributed by atoms with van der Waals surface area (Å²) < 4.78 is 5.32. The third-order valence-electron chi connectivity index (χ3n) is 5.03. The molecule has 0 saturated heterocycles. The summed E-state index contributed by atoms with van der Waals surface area (Å²) >= 11 is 0. The summed E-state index contributed by atoms with van der Waals surface area (Å²) in [6.07, 6.45) is -0.669. The first-order valence-corrected chi connectivity index (χ1v) is 10.1. The lowest BCUT2D eigenvalue weighted by atomic mass is 10.0. The molecule has 0 fully saturated rings. The molecule has 0 radical (unpaired) electrons. The van der Waals surface area contributed by atoms with E-state index in [0.29, 0.717) is 17.8 Å². The van der Waals surface area contributed by atoms with Crippen LogP contribution in [0.2, 0.25) is 0 Å². The zero-order chi connectivity index (χ0) is 22.2. The van der Waals surface area contributed by atoms with Gasteiger partial charge in [-0.15, -0.1) is 0 Å². The minimum absolute atomic E-state index is 0.118. The number of amides is 2. The summed E-state index contributed by atoms with van der Waals surface area (Å²) in [6, 6.07) is 21.4. The van der Waals surface area contributed by atoms with Crippen LogP contribution in [0.25, 0.3) is 0 Å². The molecule has 0 bridgehead atoms. The van der Waals surface area contributed by atoms with Gasteiger partial charge in [0.05, 0.1) is 0 Å². The Hall–Kier alpha value is -3.64. The van der Waals surface area contributed by atoms with E-state index < -0.39 is 12.1 Å². The molecule has 0 saturated carbocycles. The van der Waals surface area contributed by atoms with Crippen molar-refractivity contribution in [1.82, 2.24) is 5.32 Å². The average Bonchev–Trinajstić information content (AvgIpc) is 2.78. The summed E-state index contributed by atoms with van der Waals surface area (Å²) in [6.45, 7) is 4.45. The average molecular weight is 418 g/mol. The fraction of sp³-hybridized carbons (Fsp3) is 0.200. The molecule has 6 heteroatoms. The Kier molecular flexibility index (Phi) is 7.40. The van der Waals surface area contributed by atoms with Crippen LogP contribution in [0.15, 0.2) is 72.8 Å². The minimum atomic E-state index is -0.913. The quantitative estimate of drug-likeness (QED) is 0.532. The highest BCUT2D eigenvalue weighted by Crippen LogP contribution is 2.20. The van der Waals surface area contributed by atoms with Gasteiger partial charge < -0.3 is 21.1 Å². The number of carbonyl (C=O) groups is 2. The van der Waals surface area contributed by atoms with E-state index >= 15 is 0 Å². The third-order valence-corrected chi connectivity index (χ3v) is 5.03. The van der Waals surface area contributed by atoms with Crippen LogP contribution in [0.5, 0.6) is 0 Å². The van der Waals surface area contributed by atoms with E-state index in [2.05, 4.69) is 10.6 Å². The molecule has 0 aliphatic carbocycles. The number of nitrogens with one attached hydrogen (secondary N) is 2. The molecule has 0 spiro atoms. The van der Waals surface area contributed by atoms with E-state index in [1.165, 1.54) is 0 Å². The van der Waals surface area contributed by atoms with Crippen LogP contribution >= 0.6 is 0 Å². The Bertz CT molecular complexity index is 1050. The Labute approximate surface area is 182 Å². The fourth-order valence-electron chi connectivity index (χ4n) is 3.12. The standard InChI is InChI=1S/C25H27N3O3/c1-17-11-12-21(13-18(17)2)23(24(29)27-22-10-6-9-20(14-22)15-26)28-25(30)31-16-19-7-4-3-5-8-19/h3-14,23H,15-16,26H2,1-2H3,(H,27,29)(H,28,30)/t23-/m1/s1. The molecule has 3 rings (SSSR count). The molecule has 3 aromatic rings. The number of rotatable bonds is 7. The van der Waals surface area contributed by atoms with Crippen LogP contribution in [-0.4, -0.2) is 12.0 Å². The number of ether oxygens (including phenoxy) is 1. The maximum absolute atomic E-state index is 13.1. The Morgan fingerprint density at radius 3 is 2.35 bits per heavy atom. The van der Waals surface area contributed by atoms with Gasteiger partial charge >= 0.3 is 6.09 Å². The Morgan fingerprint density at radius 2 is 1.65 bits per heavy atom. The zero-order valence-corrected chi connectivity index (χ0v) is 17.7. The topological polar surface area (TPSA) is 93.4 Å². The molecule has 0 aliphatic heterocycles. The normalized spacial score (nSPS) is 11.5. The van der Waals surface area contributed by atoms with Gasteiger partial charge in [0.2, 0.25) is 0 Å². The number of anilines is 1. The van der Waals surface area contributed by atoms with Crippen molar-refractivity contribution in [2.24, 2.45) is 5.73 Å². The molecule has 6 nitrogen and oxygen atoms in total. The summed E-state index contributed by atoms with van der Waals surface area (Å²) in [5, 5.41) is 5.56. The predicted octanol–water partition coefficient (Wildman–Crippen LogP) is 4.37. The van der Waals surface area contributed by atoms with Crippen LogP contribution in [0, 0.1) is 13.8 Å². The van der Waals surface area contributed by atoms with E-state index in [-0.39, 0.29) is 12.5 Å². The van der Waals surface area contributed by atoms with Crippen LogP contribution in [0.4, 0.5) is 10.5 Å². The predicted molar refractivity (Wildman–Crippen MR) is 121 cm³/mol. The van der Waals surface area contributed by atoms with Gasteiger partial charge in [0.25, 0.3) is 5.91 Å². The maximum atomic E-state index is 13.1. The van der Waals surface area contributed by atoms with Gasteiger partial charge in [0.1, 0.15) is 12.6 Å². The van der Waals surface area contributed by atoms with Crippen molar-refractivity contribution < 1.29 is 14.3 Å². The van der Waals surface area contributed by atoms with Gasteiger partial charge in [-0.25, -0.2) is 4.79 Å². The summed E-state index contributed by atoms with van der Waals surface area (Å²) in [5.74, 6) is -0.367. The first kappa shape index (κ1) is 22.1. The molecule has 0 unspecified atom stereocenters. The van der Waals surface area contributed by atoms with Crippen molar-refractivity contribution >= 4 is 17.7 Å². The number of carbonyl (C=O) groups excluding carboxylic acids is 2. The van der Waals surface area contributed by atoms with Crippen molar-refractivity contribution in [2.45, 2.75) is 33.0 Å². The first-order chi connectivity index (χ1) is 15.0. The zero-order valence-electron chi connectivity index (χ0n) is 17.7. The van der Waals surface area contributed by atoms with Crippen molar-refractivity contribution in [1.29, 1.82) is 0 Å². The van der Waals surface area contributed by atoms with Gasteiger partial charge in [-0.1, -0.05) is 60.7 Å². The van der Waals surface area contributed by atoms with Crippen molar-refractivity contribution in [2.75, 3.05) is 5.32 Å². The molecule has 0 heterocycles. The monoisotopic (exact) mass is 417 g/mol. The van der Waals surface area contributed by atoms with Crippen LogP contribution in [-0.2, 0) is 22.7 Å². The second-order valence-electron chi connectivity index (χ2n) is 7.38. The highest BCUT2D eigenvalue weighted by Gasteiger charge is 2.24. The lowest BCUT2D eigenvalue weighted by molar-refractivity contribution is -0.118. The van der Waals surface area contributed by atoms with Gasteiger partial charge in [-0.05, 0) is 53.8 Å². The lowest BCUT2D eigenvalue weighted by Gasteiger charge is -2.20. The van der Waals surface area contributed by atoms with E-state index in [0.717, 1.165) is 22.3 Å². The smallest absolute Gasteiger partial charge is 0.408 e. The third kappa shape index (κ3) is 6.17. The van der Waals surface area contributed by atoms with Crippen molar-refractivity contribution in [3.8, 4) is 0 Å². The molecule has 3 aromatic carbocycles. The number of hydrogen-bond acceptors (Lipinski definition) is 4. The maximum Gasteiger partial charge on any atom is 0.408 e. The van der Waals surface area contributed by atoms with Gasteiger partial charge in [-0.2, -0.15) is 0 Å². The van der Waals surface area contributed by atoms with E-state index in [1.807, 2.05) is 80.6 Å². The fourth-order valence-corrected chi connectivity index (χ4v) is 3.12. The van der Waals surface area contributed by atoms with E-state index in [4.69, 9.17) is 10.5 Å². The largest absolute Gasteiger partial charge is 0.445 e. The van der Waals surface area contributed by atoms with Crippen LogP contribution < -0.4 is 16.4 Å². The molecule has 0 aromatic heterocycles. The molecule has 160 valence electrons. The van der Waals surface area contributed by atoms with E-state index in [9.17, 15) is 9.59 Å². The second kappa shape index (κ2) is 10.4. The van der Waals surface area contributed by atoms with Crippen molar-refractivity contribution in [3.63, 3.8) is 0 Å². The molecule has 0 aliphatic rings. The molecule has 31 heavy (non-hydrogen) atoms. The van der Waals surface area contributed by atoms with E-state index in [1.54, 1.807) is 6.07 Å².